The van der Waals surface area contributed by atoms with Crippen LogP contribution in [0.3, 0.4) is 0 Å². The molecule has 0 bridgehead atoms. The number of carbonyl (C=O) groups is 2. The third-order valence-electron chi connectivity index (χ3n) is 3.98. The van der Waals surface area contributed by atoms with Gasteiger partial charge in [0.2, 0.25) is 5.91 Å². The van der Waals surface area contributed by atoms with Crippen LogP contribution in [0.15, 0.2) is 35.1 Å². The molecule has 0 atom stereocenters. The van der Waals surface area contributed by atoms with Crippen LogP contribution in [0.25, 0.3) is 11.3 Å². The summed E-state index contributed by atoms with van der Waals surface area (Å²) >= 11 is 0. The van der Waals surface area contributed by atoms with Crippen LogP contribution in [-0.4, -0.2) is 49.5 Å². The fraction of sp³-hybridized carbons (Fsp3) is 0.368. The van der Waals surface area contributed by atoms with Crippen molar-refractivity contribution in [2.75, 3.05) is 27.9 Å². The van der Waals surface area contributed by atoms with E-state index < -0.39 is 5.97 Å². The summed E-state index contributed by atoms with van der Waals surface area (Å²) in [6, 6.07) is 8.58. The summed E-state index contributed by atoms with van der Waals surface area (Å²) in [5.74, 6) is 0.240. The second kappa shape index (κ2) is 10.1. The zero-order chi connectivity index (χ0) is 20.5. The number of nitrogens with one attached hydrogen (secondary N) is 1. The Hall–Kier alpha value is -3.36. The second-order valence-corrected chi connectivity index (χ2v) is 5.81. The van der Waals surface area contributed by atoms with E-state index in [0.29, 0.717) is 23.6 Å². The molecular formula is C19H23N3O6. The molecule has 1 heterocycles. The Kier molecular flexibility index (Phi) is 7.55. The van der Waals surface area contributed by atoms with Crippen molar-refractivity contribution in [3.8, 4) is 22.8 Å². The van der Waals surface area contributed by atoms with Gasteiger partial charge in [0.05, 0.1) is 21.3 Å². The number of esters is 1. The van der Waals surface area contributed by atoms with E-state index >= 15 is 0 Å². The molecule has 0 unspecified atom stereocenters. The lowest BCUT2D eigenvalue weighted by Crippen LogP contribution is -2.30. The molecule has 9 nitrogen and oxygen atoms in total. The summed E-state index contributed by atoms with van der Waals surface area (Å²) in [6.07, 6.45) is 0.531. The molecule has 1 aromatic heterocycles. The normalized spacial score (nSPS) is 10.2. The minimum Gasteiger partial charge on any atom is -0.497 e. The molecule has 1 aromatic carbocycles. The maximum atomic E-state index is 12.3. The van der Waals surface area contributed by atoms with Gasteiger partial charge in [-0.2, -0.15) is 5.10 Å². The number of aromatic nitrogens is 2. The standard InChI is InChI=1S/C19H23N3O6/c1-26-14-8-6-13(7-9-14)19-15(27-2)11-17(24)22(21-19)10-4-5-16(23)20-12-18(25)28-3/h6-9,11H,4-5,10,12H2,1-3H3,(H,20,23). The predicted molar refractivity (Wildman–Crippen MR) is 101 cm³/mol. The molecule has 150 valence electrons. The number of rotatable bonds is 9. The Balaban J connectivity index is 2.09. The molecule has 0 saturated carbocycles. The van der Waals surface area contributed by atoms with E-state index in [9.17, 15) is 14.4 Å². The minimum atomic E-state index is -0.523. The van der Waals surface area contributed by atoms with Crippen LogP contribution >= 0.6 is 0 Å². The number of benzene rings is 1. The molecule has 1 N–H and O–H groups in total. The first-order chi connectivity index (χ1) is 13.5. The smallest absolute Gasteiger partial charge is 0.325 e. The molecule has 28 heavy (non-hydrogen) atoms. The van der Waals surface area contributed by atoms with Crippen LogP contribution in [-0.2, 0) is 20.9 Å². The molecule has 9 heteroatoms. The summed E-state index contributed by atoms with van der Waals surface area (Å²) in [6.45, 7) is 0.0648. The van der Waals surface area contributed by atoms with Gasteiger partial charge in [-0.3, -0.25) is 14.4 Å². The Bertz CT molecular complexity index is 876. The number of hydrogen-bond donors (Lipinski definition) is 1. The lowest BCUT2D eigenvalue weighted by molar-refractivity contribution is -0.141. The van der Waals surface area contributed by atoms with Gasteiger partial charge in [-0.05, 0) is 30.7 Å². The molecule has 0 aliphatic heterocycles. The van der Waals surface area contributed by atoms with Crippen LogP contribution in [0, 0.1) is 0 Å². The number of nitrogens with zero attached hydrogens (tertiary/aromatic N) is 2. The van der Waals surface area contributed by atoms with Gasteiger partial charge >= 0.3 is 5.97 Å². The van der Waals surface area contributed by atoms with Crippen molar-refractivity contribution >= 4 is 11.9 Å². The summed E-state index contributed by atoms with van der Waals surface area (Å²) in [7, 11) is 4.30. The van der Waals surface area contributed by atoms with Gasteiger partial charge in [0.15, 0.2) is 5.75 Å². The van der Waals surface area contributed by atoms with E-state index in [1.54, 1.807) is 19.2 Å². The van der Waals surface area contributed by atoms with Gasteiger partial charge < -0.3 is 19.5 Å². The molecule has 2 aromatic rings. The van der Waals surface area contributed by atoms with Crippen LogP contribution in [0.5, 0.6) is 11.5 Å². The monoisotopic (exact) mass is 389 g/mol. The van der Waals surface area contributed by atoms with E-state index in [1.807, 2.05) is 12.1 Å². The maximum absolute atomic E-state index is 12.3. The lowest BCUT2D eigenvalue weighted by Gasteiger charge is -2.12. The predicted octanol–water partition coefficient (Wildman–Crippen LogP) is 0.997. The number of ether oxygens (including phenoxy) is 3. The summed E-state index contributed by atoms with van der Waals surface area (Å²) in [5.41, 5.74) is 0.950. The van der Waals surface area contributed by atoms with E-state index in [0.717, 1.165) is 5.56 Å². The lowest BCUT2D eigenvalue weighted by atomic mass is 10.1. The first kappa shape index (κ1) is 20.9. The van der Waals surface area contributed by atoms with Gasteiger partial charge in [0.25, 0.3) is 5.56 Å². The van der Waals surface area contributed by atoms with Crippen molar-refractivity contribution in [2.45, 2.75) is 19.4 Å². The van der Waals surface area contributed by atoms with Crippen LogP contribution in [0.1, 0.15) is 12.8 Å². The molecule has 1 amide bonds. The summed E-state index contributed by atoms with van der Waals surface area (Å²) < 4.78 is 16.2. The fourth-order valence-electron chi connectivity index (χ4n) is 2.46. The first-order valence-corrected chi connectivity index (χ1v) is 8.62. The van der Waals surface area contributed by atoms with Crippen molar-refractivity contribution < 1.29 is 23.8 Å². The average molecular weight is 389 g/mol. The maximum Gasteiger partial charge on any atom is 0.325 e. The van der Waals surface area contributed by atoms with Gasteiger partial charge in [0, 0.05) is 24.6 Å². The van der Waals surface area contributed by atoms with Gasteiger partial charge in [0.1, 0.15) is 18.0 Å². The van der Waals surface area contributed by atoms with Crippen molar-refractivity contribution in [1.29, 1.82) is 0 Å². The highest BCUT2D eigenvalue weighted by molar-refractivity contribution is 5.81. The topological polar surface area (TPSA) is 109 Å². The number of methoxy groups -OCH3 is 3. The molecule has 0 spiro atoms. The Morgan fingerprint density at radius 3 is 2.43 bits per heavy atom. The number of amides is 1. The molecule has 0 fully saturated rings. The highest BCUT2D eigenvalue weighted by Crippen LogP contribution is 2.27. The highest BCUT2D eigenvalue weighted by atomic mass is 16.5. The van der Waals surface area contributed by atoms with E-state index in [-0.39, 0.29) is 31.0 Å². The largest absolute Gasteiger partial charge is 0.497 e. The Labute approximate surface area is 162 Å². The zero-order valence-electron chi connectivity index (χ0n) is 16.1. The SMILES string of the molecule is COC(=O)CNC(=O)CCCn1nc(-c2ccc(OC)cc2)c(OC)cc1=O. The van der Waals surface area contributed by atoms with Gasteiger partial charge in [-0.1, -0.05) is 0 Å². The molecule has 0 aliphatic carbocycles. The summed E-state index contributed by atoms with van der Waals surface area (Å²) in [5, 5.41) is 6.83. The Morgan fingerprint density at radius 1 is 1.11 bits per heavy atom. The number of carbonyl (C=O) groups excluding carboxylic acids is 2. The first-order valence-electron chi connectivity index (χ1n) is 8.62. The van der Waals surface area contributed by atoms with E-state index in [4.69, 9.17) is 9.47 Å². The van der Waals surface area contributed by atoms with Gasteiger partial charge in [-0.25, -0.2) is 4.68 Å². The summed E-state index contributed by atoms with van der Waals surface area (Å²) in [4.78, 5) is 35.0. The minimum absolute atomic E-state index is 0.148. The molecular weight excluding hydrogens is 366 g/mol. The third-order valence-corrected chi connectivity index (χ3v) is 3.98. The van der Waals surface area contributed by atoms with Crippen LogP contribution in [0.2, 0.25) is 0 Å². The molecule has 2 rings (SSSR count). The van der Waals surface area contributed by atoms with Gasteiger partial charge in [-0.15, -0.1) is 0 Å². The van der Waals surface area contributed by atoms with E-state index in [2.05, 4.69) is 15.2 Å². The second-order valence-electron chi connectivity index (χ2n) is 5.81. The quantitative estimate of drug-likeness (QED) is 0.637. The number of hydrogen-bond acceptors (Lipinski definition) is 7. The fourth-order valence-corrected chi connectivity index (χ4v) is 2.46. The van der Waals surface area contributed by atoms with Crippen molar-refractivity contribution in [1.82, 2.24) is 15.1 Å². The third kappa shape index (κ3) is 5.57. The zero-order valence-corrected chi connectivity index (χ0v) is 16.1. The Morgan fingerprint density at radius 2 is 1.82 bits per heavy atom. The van der Waals surface area contributed by atoms with E-state index in [1.165, 1.54) is 25.0 Å². The van der Waals surface area contributed by atoms with Crippen molar-refractivity contribution in [2.24, 2.45) is 0 Å². The average Bonchev–Trinajstić information content (AvgIpc) is 2.72. The van der Waals surface area contributed by atoms with Crippen molar-refractivity contribution in [3.63, 3.8) is 0 Å². The molecule has 0 aliphatic rings. The molecule has 0 radical (unpaired) electrons. The molecule has 0 saturated heterocycles. The van der Waals surface area contributed by atoms with Crippen LogP contribution < -0.4 is 20.3 Å². The van der Waals surface area contributed by atoms with Crippen molar-refractivity contribution in [3.05, 3.63) is 40.7 Å². The number of aryl methyl sites for hydroxylation is 1. The highest BCUT2D eigenvalue weighted by Gasteiger charge is 2.13. The van der Waals surface area contributed by atoms with Crippen LogP contribution in [0.4, 0.5) is 0 Å².